The van der Waals surface area contributed by atoms with Crippen LogP contribution < -0.4 is 0 Å². The highest BCUT2D eigenvalue weighted by molar-refractivity contribution is 7.89. The molecule has 2 aliphatic heterocycles. The first kappa shape index (κ1) is 16.9. The van der Waals surface area contributed by atoms with Gasteiger partial charge in [0, 0.05) is 26.2 Å². The zero-order valence-corrected chi connectivity index (χ0v) is 14.9. The van der Waals surface area contributed by atoms with Crippen molar-refractivity contribution < 1.29 is 17.9 Å². The second-order valence-electron chi connectivity index (χ2n) is 6.01. The van der Waals surface area contributed by atoms with Crippen molar-refractivity contribution in [3.63, 3.8) is 0 Å². The van der Waals surface area contributed by atoms with Crippen LogP contribution in [0.3, 0.4) is 0 Å². The van der Waals surface area contributed by atoms with Crippen LogP contribution >= 0.6 is 11.3 Å². The number of ether oxygens (including phenoxy) is 1. The Morgan fingerprint density at radius 2 is 2.00 bits per heavy atom. The molecule has 2 saturated heterocycles. The van der Waals surface area contributed by atoms with Gasteiger partial charge in [0.2, 0.25) is 10.0 Å². The highest BCUT2D eigenvalue weighted by atomic mass is 32.2. The highest BCUT2D eigenvalue weighted by Crippen LogP contribution is 2.28. The molecule has 2 fully saturated rings. The van der Waals surface area contributed by atoms with Crippen molar-refractivity contribution in [1.82, 2.24) is 9.21 Å². The smallest absolute Gasteiger partial charge is 0.265 e. The van der Waals surface area contributed by atoms with E-state index in [0.717, 1.165) is 19.3 Å². The fraction of sp³-hybridized carbons (Fsp3) is 0.667. The summed E-state index contributed by atoms with van der Waals surface area (Å²) in [6, 6.07) is 1.56. The number of amides is 1. The number of carbonyl (C=O) groups is 1. The van der Waals surface area contributed by atoms with Crippen molar-refractivity contribution in [2.75, 3.05) is 32.8 Å². The maximum Gasteiger partial charge on any atom is 0.265 e. The van der Waals surface area contributed by atoms with E-state index in [-0.39, 0.29) is 16.9 Å². The number of hydrogen-bond acceptors (Lipinski definition) is 5. The second kappa shape index (κ2) is 6.88. The predicted octanol–water partition coefficient (Wildman–Crippen LogP) is 1.78. The molecule has 0 spiro atoms. The molecule has 3 rings (SSSR count). The summed E-state index contributed by atoms with van der Waals surface area (Å²) in [5.74, 6) is -0.203. The van der Waals surface area contributed by atoms with Gasteiger partial charge < -0.3 is 9.64 Å². The first-order valence-electron chi connectivity index (χ1n) is 7.98. The molecule has 1 amide bonds. The van der Waals surface area contributed by atoms with Gasteiger partial charge in [-0.05, 0) is 31.2 Å². The van der Waals surface area contributed by atoms with Crippen LogP contribution in [0, 0.1) is 0 Å². The fourth-order valence-electron chi connectivity index (χ4n) is 3.05. The van der Waals surface area contributed by atoms with Gasteiger partial charge in [-0.3, -0.25) is 4.79 Å². The van der Waals surface area contributed by atoms with Crippen LogP contribution in [0.5, 0.6) is 0 Å². The van der Waals surface area contributed by atoms with Crippen LogP contribution in [-0.4, -0.2) is 62.4 Å². The topological polar surface area (TPSA) is 66.9 Å². The molecular weight excluding hydrogens is 336 g/mol. The van der Waals surface area contributed by atoms with Crippen molar-refractivity contribution in [2.24, 2.45) is 0 Å². The fourth-order valence-corrected chi connectivity index (χ4v) is 5.93. The van der Waals surface area contributed by atoms with E-state index in [2.05, 4.69) is 0 Å². The van der Waals surface area contributed by atoms with Crippen molar-refractivity contribution in [1.29, 1.82) is 0 Å². The van der Waals surface area contributed by atoms with Crippen LogP contribution in [0.1, 0.15) is 35.9 Å². The number of hydrogen-bond donors (Lipinski definition) is 0. The summed E-state index contributed by atoms with van der Waals surface area (Å²) in [6.07, 6.45) is 2.81. The minimum Gasteiger partial charge on any atom is -0.375 e. The minimum atomic E-state index is -3.58. The van der Waals surface area contributed by atoms with Gasteiger partial charge in [0.25, 0.3) is 5.91 Å². The summed E-state index contributed by atoms with van der Waals surface area (Å²) in [7, 11) is -3.58. The van der Waals surface area contributed by atoms with Gasteiger partial charge in [0.05, 0.1) is 12.7 Å². The number of sulfonamides is 1. The molecule has 0 radical (unpaired) electrons. The van der Waals surface area contributed by atoms with E-state index in [1.54, 1.807) is 16.3 Å². The van der Waals surface area contributed by atoms with Crippen LogP contribution in [0.25, 0.3) is 0 Å². The van der Waals surface area contributed by atoms with E-state index in [0.29, 0.717) is 37.7 Å². The maximum atomic E-state index is 12.9. The van der Waals surface area contributed by atoms with Crippen molar-refractivity contribution in [2.45, 2.75) is 37.2 Å². The van der Waals surface area contributed by atoms with Crippen molar-refractivity contribution in [3.8, 4) is 0 Å². The first-order chi connectivity index (χ1) is 11.0. The Morgan fingerprint density at radius 1 is 1.26 bits per heavy atom. The number of morpholine rings is 1. The molecule has 2 aliphatic rings. The van der Waals surface area contributed by atoms with E-state index >= 15 is 0 Å². The number of carbonyl (C=O) groups excluding carboxylic acids is 1. The Kier molecular flexibility index (Phi) is 5.05. The molecule has 6 nitrogen and oxygen atoms in total. The van der Waals surface area contributed by atoms with E-state index < -0.39 is 10.0 Å². The summed E-state index contributed by atoms with van der Waals surface area (Å²) in [6.45, 7) is 4.50. The van der Waals surface area contributed by atoms with E-state index in [1.165, 1.54) is 15.6 Å². The van der Waals surface area contributed by atoms with Gasteiger partial charge in [-0.1, -0.05) is 6.42 Å². The lowest BCUT2D eigenvalue weighted by molar-refractivity contribution is -0.0123. The number of thiophene rings is 1. The summed E-state index contributed by atoms with van der Waals surface area (Å²) in [5.41, 5.74) is 0. The Balaban J connectivity index is 1.85. The largest absolute Gasteiger partial charge is 0.375 e. The zero-order chi connectivity index (χ0) is 16.4. The normalized spacial score (nSPS) is 23.9. The molecule has 0 aliphatic carbocycles. The summed E-state index contributed by atoms with van der Waals surface area (Å²) < 4.78 is 32.7. The van der Waals surface area contributed by atoms with Gasteiger partial charge in [-0.15, -0.1) is 11.3 Å². The molecule has 1 unspecified atom stereocenters. The van der Waals surface area contributed by atoms with Gasteiger partial charge in [-0.2, -0.15) is 4.31 Å². The third kappa shape index (κ3) is 3.45. The minimum absolute atomic E-state index is 0.0187. The van der Waals surface area contributed by atoms with E-state index in [4.69, 9.17) is 4.74 Å². The molecule has 1 aromatic heterocycles. The Bertz CT molecular complexity index is 665. The second-order valence-corrected chi connectivity index (χ2v) is 8.83. The Labute approximate surface area is 141 Å². The predicted molar refractivity (Wildman–Crippen MR) is 88.2 cm³/mol. The lowest BCUT2D eigenvalue weighted by Gasteiger charge is -2.31. The third-order valence-electron chi connectivity index (χ3n) is 4.28. The summed E-state index contributed by atoms with van der Waals surface area (Å²) in [5, 5.41) is 1.69. The molecule has 23 heavy (non-hydrogen) atoms. The lowest BCUT2D eigenvalue weighted by atomic mass is 10.2. The van der Waals surface area contributed by atoms with Crippen LogP contribution in [0.15, 0.2) is 16.3 Å². The van der Waals surface area contributed by atoms with Crippen LogP contribution in [0.4, 0.5) is 0 Å². The number of rotatable bonds is 3. The summed E-state index contributed by atoms with van der Waals surface area (Å²) in [4.78, 5) is 14.9. The molecule has 1 aromatic rings. The molecule has 0 bridgehead atoms. The monoisotopic (exact) mass is 358 g/mol. The highest BCUT2D eigenvalue weighted by Gasteiger charge is 2.33. The molecule has 1 atom stereocenters. The maximum absolute atomic E-state index is 12.9. The van der Waals surface area contributed by atoms with Gasteiger partial charge in [-0.25, -0.2) is 8.42 Å². The molecule has 0 aromatic carbocycles. The standard InChI is InChI=1S/C15H22N2O4S2/c1-12-11-16(8-9-21-12)15(18)14-13(5-10-22-14)23(19,20)17-6-3-2-4-7-17/h5,10,12H,2-4,6-9,11H2,1H3. The molecule has 0 saturated carbocycles. The Hall–Kier alpha value is -0.960. The third-order valence-corrected chi connectivity index (χ3v) is 7.26. The number of piperidine rings is 1. The lowest BCUT2D eigenvalue weighted by Crippen LogP contribution is -2.45. The van der Waals surface area contributed by atoms with Gasteiger partial charge in [0.1, 0.15) is 9.77 Å². The molecule has 128 valence electrons. The number of nitrogens with zero attached hydrogens (tertiary/aromatic N) is 2. The Morgan fingerprint density at radius 3 is 2.70 bits per heavy atom. The van der Waals surface area contributed by atoms with Crippen molar-refractivity contribution >= 4 is 27.3 Å². The average molecular weight is 358 g/mol. The quantitative estimate of drug-likeness (QED) is 0.826. The molecule has 3 heterocycles. The molecule has 0 N–H and O–H groups in total. The van der Waals surface area contributed by atoms with Crippen molar-refractivity contribution in [3.05, 3.63) is 16.3 Å². The molecule has 8 heteroatoms. The first-order valence-corrected chi connectivity index (χ1v) is 10.3. The van der Waals surface area contributed by atoms with Gasteiger partial charge in [0.15, 0.2) is 0 Å². The molecular formula is C15H22N2O4S2. The zero-order valence-electron chi connectivity index (χ0n) is 13.2. The van der Waals surface area contributed by atoms with Crippen LogP contribution in [0.2, 0.25) is 0 Å². The SMILES string of the molecule is CC1CN(C(=O)c2sccc2S(=O)(=O)N2CCCCC2)CCO1. The van der Waals surface area contributed by atoms with Crippen LogP contribution in [-0.2, 0) is 14.8 Å². The summed E-state index contributed by atoms with van der Waals surface area (Å²) >= 11 is 1.21. The van der Waals surface area contributed by atoms with Gasteiger partial charge >= 0.3 is 0 Å². The van der Waals surface area contributed by atoms with E-state index in [9.17, 15) is 13.2 Å². The van der Waals surface area contributed by atoms with E-state index in [1.807, 2.05) is 6.92 Å². The average Bonchev–Trinajstić information content (AvgIpc) is 3.05.